The fourth-order valence-electron chi connectivity index (χ4n) is 2.41. The lowest BCUT2D eigenvalue weighted by atomic mass is 10.0. The van der Waals surface area contributed by atoms with Crippen LogP contribution >= 0.6 is 11.3 Å². The Hall–Kier alpha value is -2.73. The van der Waals surface area contributed by atoms with Gasteiger partial charge in [-0.25, -0.2) is 0 Å². The van der Waals surface area contributed by atoms with E-state index in [1.807, 2.05) is 30.3 Å². The molecule has 1 heterocycles. The molecule has 1 aromatic heterocycles. The second-order valence-corrected chi connectivity index (χ2v) is 6.68. The first-order valence-corrected chi connectivity index (χ1v) is 8.62. The summed E-state index contributed by atoms with van der Waals surface area (Å²) in [5.74, 6) is -0.0916. The van der Waals surface area contributed by atoms with Crippen LogP contribution < -0.4 is 0 Å². The van der Waals surface area contributed by atoms with Crippen molar-refractivity contribution in [3.05, 3.63) is 87.6 Å². The number of aliphatic imine (C=N–C) groups is 1. The number of para-hydroxylation sites is 1. The molecule has 0 fully saturated rings. The van der Waals surface area contributed by atoms with E-state index >= 15 is 0 Å². The van der Waals surface area contributed by atoms with Crippen LogP contribution in [0.3, 0.4) is 0 Å². The summed E-state index contributed by atoms with van der Waals surface area (Å²) < 4.78 is 38.0. The third-order valence-electron chi connectivity index (χ3n) is 3.65. The van der Waals surface area contributed by atoms with Crippen LogP contribution in [0.5, 0.6) is 0 Å². The van der Waals surface area contributed by atoms with Gasteiger partial charge in [-0.1, -0.05) is 42.5 Å². The molecule has 0 saturated heterocycles. The van der Waals surface area contributed by atoms with Gasteiger partial charge in [0.2, 0.25) is 0 Å². The standard InChI is InChI=1S/C20H14F3NOS/c21-20(22,23)19-11-10-15(26-19)13-24-17-9-5-4-8-16(17)18(25)12-14-6-2-1-3-7-14/h1-11,13H,12H2. The number of carbonyl (C=O) groups excluding carboxylic acids is 1. The molecule has 0 saturated carbocycles. The predicted molar refractivity (Wildman–Crippen MR) is 97.5 cm³/mol. The first-order chi connectivity index (χ1) is 12.4. The smallest absolute Gasteiger partial charge is 0.294 e. The van der Waals surface area contributed by atoms with E-state index in [-0.39, 0.29) is 12.2 Å². The summed E-state index contributed by atoms with van der Waals surface area (Å²) in [5, 5.41) is 0. The highest BCUT2D eigenvalue weighted by atomic mass is 32.1. The molecule has 3 aromatic rings. The number of nitrogens with zero attached hydrogens (tertiary/aromatic N) is 1. The SMILES string of the molecule is O=C(Cc1ccccc1)c1ccccc1N=Cc1ccc(C(F)(F)F)s1. The Kier molecular flexibility index (Phi) is 5.32. The molecule has 132 valence electrons. The summed E-state index contributed by atoms with van der Waals surface area (Å²) in [4.78, 5) is 16.5. The molecule has 0 atom stereocenters. The molecule has 0 amide bonds. The van der Waals surface area contributed by atoms with E-state index in [2.05, 4.69) is 4.99 Å². The molecule has 2 aromatic carbocycles. The Morgan fingerprint density at radius 3 is 2.35 bits per heavy atom. The molecule has 0 unspecified atom stereocenters. The minimum absolute atomic E-state index is 0.0916. The topological polar surface area (TPSA) is 29.4 Å². The van der Waals surface area contributed by atoms with Gasteiger partial charge in [0.05, 0.1) is 5.69 Å². The molecule has 2 nitrogen and oxygen atoms in total. The van der Waals surface area contributed by atoms with Crippen LogP contribution in [0.25, 0.3) is 0 Å². The third-order valence-corrected chi connectivity index (χ3v) is 4.71. The van der Waals surface area contributed by atoms with Crippen molar-refractivity contribution in [1.82, 2.24) is 0 Å². The molecule has 3 rings (SSSR count). The van der Waals surface area contributed by atoms with Crippen molar-refractivity contribution in [1.29, 1.82) is 0 Å². The zero-order valence-electron chi connectivity index (χ0n) is 13.5. The molecule has 0 aliphatic heterocycles. The Balaban J connectivity index is 1.81. The molecular weight excluding hydrogens is 359 g/mol. The Labute approximate surface area is 152 Å². The molecule has 0 spiro atoms. The molecule has 0 N–H and O–H groups in total. The van der Waals surface area contributed by atoms with Crippen LogP contribution in [0, 0.1) is 0 Å². The fraction of sp³-hybridized carbons (Fsp3) is 0.100. The van der Waals surface area contributed by atoms with Crippen molar-refractivity contribution in [2.75, 3.05) is 0 Å². The lowest BCUT2D eigenvalue weighted by molar-refractivity contribution is -0.134. The van der Waals surface area contributed by atoms with Gasteiger partial charge < -0.3 is 0 Å². The molecular formula is C20H14F3NOS. The number of alkyl halides is 3. The van der Waals surface area contributed by atoms with Crippen LogP contribution in [0.2, 0.25) is 0 Å². The molecule has 0 aliphatic carbocycles. The average molecular weight is 373 g/mol. The minimum Gasteiger partial charge on any atom is -0.294 e. The van der Waals surface area contributed by atoms with Gasteiger partial charge in [-0.05, 0) is 29.8 Å². The van der Waals surface area contributed by atoms with Gasteiger partial charge in [0.1, 0.15) is 4.88 Å². The lowest BCUT2D eigenvalue weighted by Gasteiger charge is -2.05. The molecule has 6 heteroatoms. The van der Waals surface area contributed by atoms with Gasteiger partial charge in [0.15, 0.2) is 5.78 Å². The van der Waals surface area contributed by atoms with Crippen molar-refractivity contribution >= 4 is 29.0 Å². The second-order valence-electron chi connectivity index (χ2n) is 5.56. The lowest BCUT2D eigenvalue weighted by Crippen LogP contribution is -2.03. The van der Waals surface area contributed by atoms with E-state index in [1.54, 1.807) is 24.3 Å². The highest BCUT2D eigenvalue weighted by molar-refractivity contribution is 7.13. The Morgan fingerprint density at radius 2 is 1.65 bits per heavy atom. The monoisotopic (exact) mass is 373 g/mol. The van der Waals surface area contributed by atoms with Gasteiger partial charge in [-0.3, -0.25) is 9.79 Å². The number of Topliss-reactive ketones (excluding diaryl/α,β-unsaturated/α-hetero) is 1. The largest absolute Gasteiger partial charge is 0.425 e. The average Bonchev–Trinajstić information content (AvgIpc) is 3.10. The van der Waals surface area contributed by atoms with Crippen molar-refractivity contribution in [2.45, 2.75) is 12.6 Å². The zero-order chi connectivity index (χ0) is 18.6. The van der Waals surface area contributed by atoms with E-state index in [4.69, 9.17) is 0 Å². The summed E-state index contributed by atoms with van der Waals surface area (Å²) >= 11 is 0.617. The number of rotatable bonds is 5. The van der Waals surface area contributed by atoms with Crippen molar-refractivity contribution < 1.29 is 18.0 Å². The van der Waals surface area contributed by atoms with Crippen molar-refractivity contribution in [2.24, 2.45) is 4.99 Å². The summed E-state index contributed by atoms with van der Waals surface area (Å²) in [5.41, 5.74) is 1.78. The number of halogens is 3. The Bertz CT molecular complexity index is 929. The van der Waals surface area contributed by atoms with Gasteiger partial charge in [0.25, 0.3) is 0 Å². The summed E-state index contributed by atoms with van der Waals surface area (Å²) in [6.07, 6.45) is -2.76. The van der Waals surface area contributed by atoms with Gasteiger partial charge >= 0.3 is 6.18 Å². The number of thiophene rings is 1. The Morgan fingerprint density at radius 1 is 0.962 bits per heavy atom. The minimum atomic E-state index is -4.36. The molecule has 0 radical (unpaired) electrons. The maximum atomic E-state index is 12.7. The van der Waals surface area contributed by atoms with Crippen LogP contribution in [0.4, 0.5) is 18.9 Å². The normalized spacial score (nSPS) is 11.8. The summed E-state index contributed by atoms with van der Waals surface area (Å²) in [6.45, 7) is 0. The molecule has 0 aliphatic rings. The number of hydrogen-bond donors (Lipinski definition) is 0. The molecule has 26 heavy (non-hydrogen) atoms. The van der Waals surface area contributed by atoms with E-state index in [1.165, 1.54) is 12.3 Å². The second kappa shape index (κ2) is 7.66. The van der Waals surface area contributed by atoms with E-state index in [9.17, 15) is 18.0 Å². The van der Waals surface area contributed by atoms with Crippen LogP contribution in [-0.2, 0) is 12.6 Å². The first-order valence-electron chi connectivity index (χ1n) is 7.81. The predicted octanol–water partition coefficient (Wildman–Crippen LogP) is 5.94. The van der Waals surface area contributed by atoms with Gasteiger partial charge in [-0.15, -0.1) is 11.3 Å². The van der Waals surface area contributed by atoms with Gasteiger partial charge in [-0.2, -0.15) is 13.2 Å². The van der Waals surface area contributed by atoms with Crippen molar-refractivity contribution in [3.63, 3.8) is 0 Å². The maximum Gasteiger partial charge on any atom is 0.425 e. The fourth-order valence-corrected chi connectivity index (χ4v) is 3.15. The van der Waals surface area contributed by atoms with Crippen molar-refractivity contribution in [3.8, 4) is 0 Å². The highest BCUT2D eigenvalue weighted by Crippen LogP contribution is 2.34. The summed E-state index contributed by atoms with van der Waals surface area (Å²) in [7, 11) is 0. The van der Waals surface area contributed by atoms with E-state index < -0.39 is 11.1 Å². The number of carbonyl (C=O) groups is 1. The summed E-state index contributed by atoms with van der Waals surface area (Å²) in [6, 6.07) is 18.6. The maximum absolute atomic E-state index is 12.7. The molecule has 0 bridgehead atoms. The van der Waals surface area contributed by atoms with Crippen LogP contribution in [-0.4, -0.2) is 12.0 Å². The third kappa shape index (κ3) is 4.46. The van der Waals surface area contributed by atoms with Gasteiger partial charge in [0, 0.05) is 23.1 Å². The van der Waals surface area contributed by atoms with E-state index in [0.717, 1.165) is 11.6 Å². The number of benzene rings is 2. The highest BCUT2D eigenvalue weighted by Gasteiger charge is 2.32. The van der Waals surface area contributed by atoms with Crippen LogP contribution in [0.15, 0.2) is 71.7 Å². The number of hydrogen-bond acceptors (Lipinski definition) is 3. The van der Waals surface area contributed by atoms with Crippen LogP contribution in [0.1, 0.15) is 25.7 Å². The zero-order valence-corrected chi connectivity index (χ0v) is 14.3. The van der Waals surface area contributed by atoms with E-state index in [0.29, 0.717) is 27.5 Å². The first kappa shape index (κ1) is 18.1. The quantitative estimate of drug-likeness (QED) is 0.402. The number of ketones is 1.